The summed E-state index contributed by atoms with van der Waals surface area (Å²) < 4.78 is 0. The number of nitrogens with zero attached hydrogens (tertiary/aromatic N) is 1. The summed E-state index contributed by atoms with van der Waals surface area (Å²) >= 11 is 0. The summed E-state index contributed by atoms with van der Waals surface area (Å²) in [7, 11) is 0. The number of para-hydroxylation sites is 1. The van der Waals surface area contributed by atoms with Crippen LogP contribution in [-0.2, 0) is 0 Å². The van der Waals surface area contributed by atoms with Gasteiger partial charge in [0.05, 0.1) is 11.5 Å². The first-order chi connectivity index (χ1) is 9.90. The molecule has 0 unspecified atom stereocenters. The Hall–Kier alpha value is -2.15. The topological polar surface area (TPSA) is 113 Å². The van der Waals surface area contributed by atoms with Crippen LogP contribution in [0.1, 0.15) is 37.0 Å². The van der Waals surface area contributed by atoms with Crippen molar-refractivity contribution in [2.45, 2.75) is 26.7 Å². The van der Waals surface area contributed by atoms with Crippen LogP contribution in [0.15, 0.2) is 18.2 Å². The van der Waals surface area contributed by atoms with E-state index in [-0.39, 0.29) is 23.3 Å². The van der Waals surface area contributed by atoms with Gasteiger partial charge in [-0.25, -0.2) is 4.79 Å². The van der Waals surface area contributed by atoms with Crippen molar-refractivity contribution < 1.29 is 19.9 Å². The summed E-state index contributed by atoms with van der Waals surface area (Å²) in [5.41, 5.74) is -1.04. The average Bonchev–Trinajstić information content (AvgIpc) is 2.48. The highest BCUT2D eigenvalue weighted by molar-refractivity contribution is 5.95. The second-order valence-corrected chi connectivity index (χ2v) is 4.98. The molecule has 7 nitrogen and oxygen atoms in total. The summed E-state index contributed by atoms with van der Waals surface area (Å²) in [6, 6.07) is 4.12. The molecule has 0 saturated heterocycles. The summed E-state index contributed by atoms with van der Waals surface area (Å²) in [5.74, 6) is -1.34. The third kappa shape index (κ3) is 3.69. The van der Waals surface area contributed by atoms with Crippen LogP contribution in [0.25, 0.3) is 0 Å². The largest absolute Gasteiger partial charge is 0.477 e. The molecule has 0 heterocycles. The Bertz CT molecular complexity index is 518. The average molecular weight is 296 g/mol. The minimum absolute atomic E-state index is 0.0422. The highest BCUT2D eigenvalue weighted by Gasteiger charge is 2.28. The molecule has 1 aromatic rings. The van der Waals surface area contributed by atoms with Crippen molar-refractivity contribution in [3.05, 3.63) is 33.9 Å². The van der Waals surface area contributed by atoms with Crippen LogP contribution in [0.2, 0.25) is 0 Å². The number of anilines is 1. The molecule has 0 aromatic heterocycles. The number of hydrogen-bond acceptors (Lipinski definition) is 5. The maximum absolute atomic E-state index is 11.1. The minimum Gasteiger partial charge on any atom is -0.477 e. The Balaban J connectivity index is 3.12. The number of carbonyl (C=O) groups is 1. The first-order valence-electron chi connectivity index (χ1n) is 6.76. The van der Waals surface area contributed by atoms with Crippen molar-refractivity contribution in [3.8, 4) is 0 Å². The van der Waals surface area contributed by atoms with Crippen molar-refractivity contribution in [1.29, 1.82) is 0 Å². The Morgan fingerprint density at radius 2 is 2.00 bits per heavy atom. The molecule has 21 heavy (non-hydrogen) atoms. The number of rotatable bonds is 8. The molecule has 0 radical (unpaired) electrons. The van der Waals surface area contributed by atoms with E-state index < -0.39 is 16.6 Å². The summed E-state index contributed by atoms with van der Waals surface area (Å²) in [6.07, 6.45) is 1.42. The van der Waals surface area contributed by atoms with Gasteiger partial charge in [-0.05, 0) is 25.0 Å². The van der Waals surface area contributed by atoms with Gasteiger partial charge < -0.3 is 15.5 Å². The number of aliphatic hydroxyl groups excluding tert-OH is 1. The predicted molar refractivity (Wildman–Crippen MR) is 78.6 cm³/mol. The SMILES string of the molecule is CCC(CC)(CO)CNc1cccc(C(=O)O)c1[N+](=O)[O-]. The number of carboxylic acids is 1. The predicted octanol–water partition coefficient (Wildman–Crippen LogP) is 2.50. The second kappa shape index (κ2) is 7.03. The van der Waals surface area contributed by atoms with Crippen LogP contribution in [0.3, 0.4) is 0 Å². The minimum atomic E-state index is -1.34. The summed E-state index contributed by atoms with van der Waals surface area (Å²) in [4.78, 5) is 21.5. The van der Waals surface area contributed by atoms with E-state index in [9.17, 15) is 20.0 Å². The molecule has 0 saturated carbocycles. The maximum Gasteiger partial charge on any atom is 0.342 e. The van der Waals surface area contributed by atoms with E-state index in [2.05, 4.69) is 5.32 Å². The highest BCUT2D eigenvalue weighted by Crippen LogP contribution is 2.31. The molecule has 116 valence electrons. The van der Waals surface area contributed by atoms with Gasteiger partial charge >= 0.3 is 11.7 Å². The molecule has 0 atom stereocenters. The lowest BCUT2D eigenvalue weighted by Crippen LogP contribution is -2.32. The van der Waals surface area contributed by atoms with E-state index in [0.29, 0.717) is 19.4 Å². The van der Waals surface area contributed by atoms with E-state index in [0.717, 1.165) is 0 Å². The molecule has 3 N–H and O–H groups in total. The number of hydrogen-bond donors (Lipinski definition) is 3. The van der Waals surface area contributed by atoms with Crippen molar-refractivity contribution in [2.75, 3.05) is 18.5 Å². The van der Waals surface area contributed by atoms with Gasteiger partial charge in [-0.3, -0.25) is 10.1 Å². The molecule has 0 amide bonds. The van der Waals surface area contributed by atoms with Crippen LogP contribution >= 0.6 is 0 Å². The van der Waals surface area contributed by atoms with Gasteiger partial charge in [-0.2, -0.15) is 0 Å². The molecule has 0 fully saturated rings. The van der Waals surface area contributed by atoms with E-state index in [1.165, 1.54) is 18.2 Å². The third-order valence-electron chi connectivity index (χ3n) is 3.94. The Labute approximate surface area is 122 Å². The highest BCUT2D eigenvalue weighted by atomic mass is 16.6. The number of nitrogens with one attached hydrogen (secondary N) is 1. The van der Waals surface area contributed by atoms with Gasteiger partial charge in [0.25, 0.3) is 0 Å². The van der Waals surface area contributed by atoms with Crippen molar-refractivity contribution in [1.82, 2.24) is 0 Å². The van der Waals surface area contributed by atoms with Gasteiger partial charge in [0.15, 0.2) is 0 Å². The maximum atomic E-state index is 11.1. The van der Waals surface area contributed by atoms with Gasteiger partial charge in [0, 0.05) is 12.0 Å². The van der Waals surface area contributed by atoms with Crippen LogP contribution in [0, 0.1) is 15.5 Å². The second-order valence-electron chi connectivity index (χ2n) is 4.98. The van der Waals surface area contributed by atoms with Crippen molar-refractivity contribution in [2.24, 2.45) is 5.41 Å². The standard InChI is InChI=1S/C14H20N2O5/c1-3-14(4-2,9-17)8-15-11-7-5-6-10(13(18)19)12(11)16(20)21/h5-7,15,17H,3-4,8-9H2,1-2H3,(H,18,19). The normalized spacial score (nSPS) is 11.2. The number of nitro benzene ring substituents is 1. The van der Waals surface area contributed by atoms with E-state index in [1.807, 2.05) is 13.8 Å². The van der Waals surface area contributed by atoms with Crippen LogP contribution in [-0.4, -0.2) is 34.3 Å². The van der Waals surface area contributed by atoms with Gasteiger partial charge in [0.1, 0.15) is 11.3 Å². The molecule has 7 heteroatoms. The Kier molecular flexibility index (Phi) is 5.66. The molecular formula is C14H20N2O5. The van der Waals surface area contributed by atoms with E-state index in [4.69, 9.17) is 5.11 Å². The zero-order valence-corrected chi connectivity index (χ0v) is 12.1. The van der Waals surface area contributed by atoms with Gasteiger partial charge in [0.2, 0.25) is 0 Å². The number of carboxylic acid groups (broad SMARTS) is 1. The van der Waals surface area contributed by atoms with E-state index >= 15 is 0 Å². The number of benzene rings is 1. The fourth-order valence-electron chi connectivity index (χ4n) is 2.12. The number of nitro groups is 1. The quantitative estimate of drug-likeness (QED) is 0.502. The van der Waals surface area contributed by atoms with Crippen LogP contribution < -0.4 is 5.32 Å². The first-order valence-corrected chi connectivity index (χ1v) is 6.76. The summed E-state index contributed by atoms with van der Waals surface area (Å²) in [6.45, 7) is 4.16. The van der Waals surface area contributed by atoms with Crippen LogP contribution in [0.5, 0.6) is 0 Å². The molecule has 0 aliphatic rings. The summed E-state index contributed by atoms with van der Waals surface area (Å²) in [5, 5.41) is 32.6. The number of aliphatic hydroxyl groups is 1. The van der Waals surface area contributed by atoms with Crippen molar-refractivity contribution in [3.63, 3.8) is 0 Å². The van der Waals surface area contributed by atoms with E-state index in [1.54, 1.807) is 0 Å². The molecule has 0 spiro atoms. The zero-order valence-electron chi connectivity index (χ0n) is 12.1. The van der Waals surface area contributed by atoms with Crippen LogP contribution in [0.4, 0.5) is 11.4 Å². The monoisotopic (exact) mass is 296 g/mol. The molecule has 0 aliphatic carbocycles. The molecular weight excluding hydrogens is 276 g/mol. The van der Waals surface area contributed by atoms with Gasteiger partial charge in [-0.15, -0.1) is 0 Å². The first kappa shape index (κ1) is 16.9. The van der Waals surface area contributed by atoms with Crippen molar-refractivity contribution >= 4 is 17.3 Å². The third-order valence-corrected chi connectivity index (χ3v) is 3.94. The fourth-order valence-corrected chi connectivity index (χ4v) is 2.12. The smallest absolute Gasteiger partial charge is 0.342 e. The Morgan fingerprint density at radius 3 is 2.43 bits per heavy atom. The number of aromatic carboxylic acids is 1. The van der Waals surface area contributed by atoms with Gasteiger partial charge in [-0.1, -0.05) is 19.9 Å². The lowest BCUT2D eigenvalue weighted by atomic mass is 9.83. The molecule has 1 rings (SSSR count). The lowest BCUT2D eigenvalue weighted by Gasteiger charge is -2.29. The molecule has 1 aromatic carbocycles. The molecule has 0 bridgehead atoms. The fraction of sp³-hybridized carbons (Fsp3) is 0.500. The zero-order chi connectivity index (χ0) is 16.0. The molecule has 0 aliphatic heterocycles. The lowest BCUT2D eigenvalue weighted by molar-refractivity contribution is -0.384. The Morgan fingerprint density at radius 1 is 1.38 bits per heavy atom.